The van der Waals surface area contributed by atoms with Crippen LogP contribution >= 0.6 is 23.2 Å². The molecule has 1 atom stereocenters. The maximum atomic E-state index is 6.39. The topological polar surface area (TPSA) is 35.6 Å². The quantitative estimate of drug-likeness (QED) is 0.667. The number of hydrogen-bond acceptors (Lipinski definition) is 2. The molecule has 1 unspecified atom stereocenters. The normalized spacial score (nSPS) is 12.9. The summed E-state index contributed by atoms with van der Waals surface area (Å²) in [4.78, 5) is 8.77. The van der Waals surface area contributed by atoms with Crippen LogP contribution in [0.5, 0.6) is 0 Å². The average Bonchev–Trinajstić information content (AvgIpc) is 3.07. The molecule has 0 N–H and O–H groups in total. The number of halogens is 2. The van der Waals surface area contributed by atoms with E-state index in [0.29, 0.717) is 5.88 Å². The van der Waals surface area contributed by atoms with Crippen LogP contribution in [0.1, 0.15) is 18.8 Å². The van der Waals surface area contributed by atoms with Crippen LogP contribution in [0.2, 0.25) is 5.02 Å². The monoisotopic (exact) mass is 322 g/mol. The summed E-state index contributed by atoms with van der Waals surface area (Å²) in [6, 6.07) is 6.02. The standard InChI is InChI=1S/C15H16Cl2N4/c1-11(9-20-8-7-18-10-20)21-14(5-6-16)19-13-4-2-3-12(17)15(13)21/h2-4,7-8,10-11H,5-6,9H2,1H3. The highest BCUT2D eigenvalue weighted by molar-refractivity contribution is 6.35. The first kappa shape index (κ1) is 14.4. The van der Waals surface area contributed by atoms with E-state index < -0.39 is 0 Å². The number of imidazole rings is 2. The van der Waals surface area contributed by atoms with Gasteiger partial charge in [0.25, 0.3) is 0 Å². The van der Waals surface area contributed by atoms with Crippen molar-refractivity contribution in [1.82, 2.24) is 19.1 Å². The van der Waals surface area contributed by atoms with Gasteiger partial charge in [-0.1, -0.05) is 17.7 Å². The van der Waals surface area contributed by atoms with Gasteiger partial charge in [-0.3, -0.25) is 0 Å². The van der Waals surface area contributed by atoms with Gasteiger partial charge in [-0.2, -0.15) is 0 Å². The van der Waals surface area contributed by atoms with E-state index >= 15 is 0 Å². The molecule has 0 saturated heterocycles. The maximum absolute atomic E-state index is 6.39. The molecule has 0 aliphatic rings. The average molecular weight is 323 g/mol. The predicted molar refractivity (Wildman–Crippen MR) is 86.1 cm³/mol. The van der Waals surface area contributed by atoms with Gasteiger partial charge in [0.15, 0.2) is 0 Å². The second kappa shape index (κ2) is 6.08. The Hall–Kier alpha value is -1.52. The predicted octanol–water partition coefficient (Wildman–Crippen LogP) is 3.93. The van der Waals surface area contributed by atoms with Gasteiger partial charge in [0.1, 0.15) is 5.82 Å². The first-order valence-corrected chi connectivity index (χ1v) is 7.79. The molecule has 3 aromatic rings. The van der Waals surface area contributed by atoms with E-state index in [4.69, 9.17) is 23.2 Å². The highest BCUT2D eigenvalue weighted by atomic mass is 35.5. The first-order valence-electron chi connectivity index (χ1n) is 6.87. The maximum Gasteiger partial charge on any atom is 0.111 e. The highest BCUT2D eigenvalue weighted by Crippen LogP contribution is 2.28. The fourth-order valence-corrected chi connectivity index (χ4v) is 3.10. The fourth-order valence-electron chi connectivity index (χ4n) is 2.67. The Morgan fingerprint density at radius 1 is 1.33 bits per heavy atom. The van der Waals surface area contributed by atoms with Crippen molar-refractivity contribution in [3.63, 3.8) is 0 Å². The molecular formula is C15H16Cl2N4. The molecule has 2 aromatic heterocycles. The molecule has 0 aliphatic carbocycles. The van der Waals surface area contributed by atoms with Crippen LogP contribution < -0.4 is 0 Å². The van der Waals surface area contributed by atoms with E-state index in [1.807, 2.05) is 30.7 Å². The molecule has 0 saturated carbocycles. The van der Waals surface area contributed by atoms with Crippen LogP contribution in [-0.4, -0.2) is 25.0 Å². The summed E-state index contributed by atoms with van der Waals surface area (Å²) in [6.07, 6.45) is 6.28. The lowest BCUT2D eigenvalue weighted by Gasteiger charge is -2.18. The second-order valence-electron chi connectivity index (χ2n) is 5.05. The van der Waals surface area contributed by atoms with Gasteiger partial charge in [0.05, 0.1) is 28.4 Å². The molecule has 0 amide bonds. The van der Waals surface area contributed by atoms with Gasteiger partial charge in [-0.25, -0.2) is 9.97 Å². The molecular weight excluding hydrogens is 307 g/mol. The van der Waals surface area contributed by atoms with Crippen LogP contribution in [-0.2, 0) is 13.0 Å². The van der Waals surface area contributed by atoms with E-state index in [-0.39, 0.29) is 6.04 Å². The molecule has 0 spiro atoms. The third kappa shape index (κ3) is 2.78. The Labute approximate surface area is 133 Å². The second-order valence-corrected chi connectivity index (χ2v) is 5.84. The highest BCUT2D eigenvalue weighted by Gasteiger charge is 2.17. The summed E-state index contributed by atoms with van der Waals surface area (Å²) in [5.41, 5.74) is 1.90. The largest absolute Gasteiger partial charge is 0.335 e. The molecule has 110 valence electrons. The van der Waals surface area contributed by atoms with Gasteiger partial charge in [0.2, 0.25) is 0 Å². The van der Waals surface area contributed by atoms with Crippen LogP contribution in [0.15, 0.2) is 36.9 Å². The molecule has 1 aromatic carbocycles. The van der Waals surface area contributed by atoms with E-state index in [1.54, 1.807) is 6.20 Å². The van der Waals surface area contributed by atoms with Crippen molar-refractivity contribution in [1.29, 1.82) is 0 Å². The smallest absolute Gasteiger partial charge is 0.111 e. The molecule has 21 heavy (non-hydrogen) atoms. The zero-order valence-electron chi connectivity index (χ0n) is 11.7. The SMILES string of the molecule is CC(Cn1ccnc1)n1c(CCCl)nc2cccc(Cl)c21. The summed E-state index contributed by atoms with van der Waals surface area (Å²) >= 11 is 12.3. The number of para-hydroxylation sites is 1. The van der Waals surface area contributed by atoms with Gasteiger partial charge in [-0.05, 0) is 19.1 Å². The minimum absolute atomic E-state index is 0.210. The van der Waals surface area contributed by atoms with E-state index in [9.17, 15) is 0 Å². The van der Waals surface area contributed by atoms with Gasteiger partial charge in [0, 0.05) is 31.2 Å². The van der Waals surface area contributed by atoms with Crippen LogP contribution in [0, 0.1) is 0 Å². The summed E-state index contributed by atoms with van der Waals surface area (Å²) in [7, 11) is 0. The van der Waals surface area contributed by atoms with E-state index in [0.717, 1.165) is 34.8 Å². The van der Waals surface area contributed by atoms with E-state index in [1.165, 1.54) is 0 Å². The number of hydrogen-bond donors (Lipinski definition) is 0. The number of alkyl halides is 1. The number of aryl methyl sites for hydroxylation is 1. The number of aromatic nitrogens is 4. The van der Waals surface area contributed by atoms with Crippen molar-refractivity contribution in [2.24, 2.45) is 0 Å². The van der Waals surface area contributed by atoms with Crippen molar-refractivity contribution in [2.45, 2.75) is 25.9 Å². The number of rotatable bonds is 5. The minimum Gasteiger partial charge on any atom is -0.335 e. The Balaban J connectivity index is 2.07. The first-order chi connectivity index (χ1) is 10.2. The lowest BCUT2D eigenvalue weighted by Crippen LogP contribution is -2.15. The van der Waals surface area contributed by atoms with Gasteiger partial charge < -0.3 is 9.13 Å². The van der Waals surface area contributed by atoms with Crippen LogP contribution in [0.3, 0.4) is 0 Å². The van der Waals surface area contributed by atoms with Crippen molar-refractivity contribution >= 4 is 34.2 Å². The van der Waals surface area contributed by atoms with Crippen molar-refractivity contribution in [3.05, 3.63) is 47.8 Å². The molecule has 0 fully saturated rings. The number of benzene rings is 1. The Kier molecular flexibility index (Phi) is 4.17. The fraction of sp³-hybridized carbons (Fsp3) is 0.333. The molecule has 0 radical (unpaired) electrons. The molecule has 0 bridgehead atoms. The lowest BCUT2D eigenvalue weighted by molar-refractivity contribution is 0.461. The third-order valence-corrected chi connectivity index (χ3v) is 4.02. The zero-order valence-corrected chi connectivity index (χ0v) is 13.2. The number of nitrogens with zero attached hydrogens (tertiary/aromatic N) is 4. The molecule has 0 aliphatic heterocycles. The van der Waals surface area contributed by atoms with Crippen molar-refractivity contribution < 1.29 is 0 Å². The molecule has 3 rings (SSSR count). The van der Waals surface area contributed by atoms with Crippen LogP contribution in [0.4, 0.5) is 0 Å². The van der Waals surface area contributed by atoms with Crippen molar-refractivity contribution in [2.75, 3.05) is 5.88 Å². The van der Waals surface area contributed by atoms with E-state index in [2.05, 4.69) is 26.0 Å². The Morgan fingerprint density at radius 3 is 2.90 bits per heavy atom. The molecule has 6 heteroatoms. The lowest BCUT2D eigenvalue weighted by atomic mass is 10.2. The third-order valence-electron chi connectivity index (χ3n) is 3.53. The zero-order chi connectivity index (χ0) is 14.8. The number of fused-ring (bicyclic) bond motifs is 1. The molecule has 4 nitrogen and oxygen atoms in total. The van der Waals surface area contributed by atoms with Gasteiger partial charge in [-0.15, -0.1) is 11.6 Å². The minimum atomic E-state index is 0.210. The van der Waals surface area contributed by atoms with Crippen LogP contribution in [0.25, 0.3) is 11.0 Å². The van der Waals surface area contributed by atoms with Gasteiger partial charge >= 0.3 is 0 Å². The Bertz CT molecular complexity index is 734. The summed E-state index contributed by atoms with van der Waals surface area (Å²) in [5, 5.41) is 0.721. The summed E-state index contributed by atoms with van der Waals surface area (Å²) < 4.78 is 4.25. The van der Waals surface area contributed by atoms with Crippen molar-refractivity contribution in [3.8, 4) is 0 Å². The molecule has 2 heterocycles. The Morgan fingerprint density at radius 2 is 2.19 bits per heavy atom. The summed E-state index contributed by atoms with van der Waals surface area (Å²) in [6.45, 7) is 2.97. The summed E-state index contributed by atoms with van der Waals surface area (Å²) in [5.74, 6) is 1.51.